The van der Waals surface area contributed by atoms with Gasteiger partial charge in [-0.2, -0.15) is 4.98 Å². The Bertz CT molecular complexity index is 1040. The molecule has 6 nitrogen and oxygen atoms in total. The van der Waals surface area contributed by atoms with E-state index in [1.165, 1.54) is 12.8 Å². The van der Waals surface area contributed by atoms with Crippen LogP contribution in [-0.4, -0.2) is 26.9 Å². The molecule has 1 aromatic carbocycles. The number of halogens is 2. The van der Waals surface area contributed by atoms with Crippen LogP contribution in [0.25, 0.3) is 11.2 Å². The molecular weight excluding hydrogens is 421 g/mol. The maximum absolute atomic E-state index is 12.7. The number of anilines is 2. The summed E-state index contributed by atoms with van der Waals surface area (Å²) >= 11 is 12.4. The summed E-state index contributed by atoms with van der Waals surface area (Å²) in [4.78, 5) is 24.6. The molecule has 158 valence electrons. The van der Waals surface area contributed by atoms with Crippen LogP contribution < -0.4 is 10.6 Å². The van der Waals surface area contributed by atoms with Gasteiger partial charge in [-0.3, -0.25) is 4.79 Å². The first-order valence-electron chi connectivity index (χ1n) is 10.3. The van der Waals surface area contributed by atoms with E-state index in [-0.39, 0.29) is 11.9 Å². The highest BCUT2D eigenvalue weighted by Gasteiger charge is 2.24. The molecular formula is C22H25Cl2N5O. The van der Waals surface area contributed by atoms with Crippen LogP contribution in [0, 0.1) is 11.8 Å². The predicted octanol–water partition coefficient (Wildman–Crippen LogP) is 5.95. The Morgan fingerprint density at radius 2 is 1.87 bits per heavy atom. The van der Waals surface area contributed by atoms with Crippen molar-refractivity contribution in [2.45, 2.75) is 45.6 Å². The average Bonchev–Trinajstić information content (AvgIpc) is 3.13. The summed E-state index contributed by atoms with van der Waals surface area (Å²) in [7, 11) is 0. The lowest BCUT2D eigenvalue weighted by Gasteiger charge is -2.31. The number of hydrogen-bond donors (Lipinski definition) is 3. The molecule has 0 atom stereocenters. The van der Waals surface area contributed by atoms with Gasteiger partial charge in [0.1, 0.15) is 0 Å². The molecule has 0 aliphatic heterocycles. The van der Waals surface area contributed by atoms with Crippen molar-refractivity contribution in [2.24, 2.45) is 11.8 Å². The number of carbonyl (C=O) groups excluding carboxylic acids is 1. The van der Waals surface area contributed by atoms with Gasteiger partial charge in [-0.05, 0) is 55.7 Å². The number of carbonyl (C=O) groups is 1. The Morgan fingerprint density at radius 3 is 2.53 bits per heavy atom. The van der Waals surface area contributed by atoms with Crippen molar-refractivity contribution in [3.8, 4) is 0 Å². The first kappa shape index (κ1) is 20.9. The second kappa shape index (κ2) is 8.82. The van der Waals surface area contributed by atoms with E-state index in [4.69, 9.17) is 23.2 Å². The minimum atomic E-state index is -0.101. The van der Waals surface area contributed by atoms with Crippen molar-refractivity contribution in [1.29, 1.82) is 0 Å². The van der Waals surface area contributed by atoms with Crippen LogP contribution in [0.3, 0.4) is 0 Å². The van der Waals surface area contributed by atoms with Crippen molar-refractivity contribution in [1.82, 2.24) is 20.3 Å². The molecule has 0 bridgehead atoms. The van der Waals surface area contributed by atoms with Gasteiger partial charge in [0.2, 0.25) is 5.95 Å². The summed E-state index contributed by atoms with van der Waals surface area (Å²) < 4.78 is 0. The molecule has 30 heavy (non-hydrogen) atoms. The third-order valence-electron chi connectivity index (χ3n) is 5.86. The summed E-state index contributed by atoms with van der Waals surface area (Å²) in [6.07, 6.45) is 5.95. The summed E-state index contributed by atoms with van der Waals surface area (Å²) in [5, 5.41) is 7.22. The molecule has 3 N–H and O–H groups in total. The van der Waals surface area contributed by atoms with E-state index >= 15 is 0 Å². The molecule has 0 spiro atoms. The maximum atomic E-state index is 12.7. The number of nitrogens with one attached hydrogen (secondary N) is 3. The van der Waals surface area contributed by atoms with Crippen LogP contribution in [-0.2, 0) is 0 Å². The number of aromatic nitrogens is 3. The van der Waals surface area contributed by atoms with Gasteiger partial charge in [-0.25, -0.2) is 4.98 Å². The number of rotatable bonds is 5. The van der Waals surface area contributed by atoms with Gasteiger partial charge in [0, 0.05) is 12.2 Å². The summed E-state index contributed by atoms with van der Waals surface area (Å²) in [6, 6.07) is 7.26. The molecule has 1 saturated carbocycles. The standard InChI is InChI=1S/C22H25Cl2N5O/c1-12(2)13-6-8-15(9-7-13)26-21(30)14-10-18-20(25-11-14)29-22(27-18)28-19-16(23)4-3-5-17(19)24/h3-5,10-13,15H,6-9H2,1-2H3,(H,26,30)(H2,25,27,28,29). The van der Waals surface area contributed by atoms with E-state index in [2.05, 4.69) is 39.4 Å². The van der Waals surface area contributed by atoms with Crippen LogP contribution in [0.15, 0.2) is 30.5 Å². The lowest BCUT2D eigenvalue weighted by molar-refractivity contribution is 0.0917. The Morgan fingerprint density at radius 1 is 1.17 bits per heavy atom. The Kier molecular flexibility index (Phi) is 6.16. The Labute approximate surface area is 185 Å². The van der Waals surface area contributed by atoms with Crippen molar-refractivity contribution < 1.29 is 4.79 Å². The molecule has 1 fully saturated rings. The molecule has 4 rings (SSSR count). The van der Waals surface area contributed by atoms with Gasteiger partial charge in [0.05, 0.1) is 26.8 Å². The normalized spacial score (nSPS) is 19.2. The fraction of sp³-hybridized carbons (Fsp3) is 0.409. The molecule has 0 radical (unpaired) electrons. The first-order chi connectivity index (χ1) is 14.4. The predicted molar refractivity (Wildman–Crippen MR) is 122 cm³/mol. The van der Waals surface area contributed by atoms with Gasteiger partial charge in [-0.1, -0.05) is 43.1 Å². The fourth-order valence-corrected chi connectivity index (χ4v) is 4.51. The molecule has 0 unspecified atom stereocenters. The van der Waals surface area contributed by atoms with Crippen LogP contribution in [0.1, 0.15) is 49.9 Å². The summed E-state index contributed by atoms with van der Waals surface area (Å²) in [5.41, 5.74) is 2.25. The molecule has 2 aromatic heterocycles. The molecule has 0 saturated heterocycles. The van der Waals surface area contributed by atoms with Crippen LogP contribution in [0.4, 0.5) is 11.6 Å². The quantitative estimate of drug-likeness (QED) is 0.452. The van der Waals surface area contributed by atoms with Crippen molar-refractivity contribution >= 4 is 51.9 Å². The number of nitrogens with zero attached hydrogens (tertiary/aromatic N) is 2. The molecule has 8 heteroatoms. The van der Waals surface area contributed by atoms with Crippen molar-refractivity contribution in [3.05, 3.63) is 46.1 Å². The number of benzene rings is 1. The summed E-state index contributed by atoms with van der Waals surface area (Å²) in [5.74, 6) is 1.82. The average molecular weight is 446 g/mol. The number of pyridine rings is 1. The smallest absolute Gasteiger partial charge is 0.253 e. The van der Waals surface area contributed by atoms with Crippen LogP contribution in [0.5, 0.6) is 0 Å². The van der Waals surface area contributed by atoms with Gasteiger partial charge in [-0.15, -0.1) is 0 Å². The Hall–Kier alpha value is -2.31. The van der Waals surface area contributed by atoms with E-state index in [1.54, 1.807) is 30.5 Å². The molecule has 1 aliphatic carbocycles. The lowest BCUT2D eigenvalue weighted by atomic mass is 9.79. The molecule has 1 amide bonds. The minimum Gasteiger partial charge on any atom is -0.349 e. The molecule has 2 heterocycles. The van der Waals surface area contributed by atoms with Crippen LogP contribution >= 0.6 is 23.2 Å². The van der Waals surface area contributed by atoms with Gasteiger partial charge in [0.25, 0.3) is 5.91 Å². The Balaban J connectivity index is 1.45. The monoisotopic (exact) mass is 445 g/mol. The van der Waals surface area contributed by atoms with E-state index in [9.17, 15) is 4.79 Å². The second-order valence-corrected chi connectivity index (χ2v) is 9.05. The van der Waals surface area contributed by atoms with Crippen molar-refractivity contribution in [3.63, 3.8) is 0 Å². The van der Waals surface area contributed by atoms with Crippen LogP contribution in [0.2, 0.25) is 10.0 Å². The largest absolute Gasteiger partial charge is 0.349 e. The molecule has 1 aliphatic rings. The number of amides is 1. The number of hydrogen-bond acceptors (Lipinski definition) is 4. The maximum Gasteiger partial charge on any atom is 0.253 e. The number of imidazole rings is 1. The SMILES string of the molecule is CC(C)C1CCC(NC(=O)c2cnc3nc(Nc4c(Cl)cccc4Cl)[nH]c3c2)CC1. The zero-order chi connectivity index (χ0) is 21.3. The van der Waals surface area contributed by atoms with E-state index in [0.29, 0.717) is 44.3 Å². The second-order valence-electron chi connectivity index (χ2n) is 8.23. The van der Waals surface area contributed by atoms with Gasteiger partial charge >= 0.3 is 0 Å². The van der Waals surface area contributed by atoms with Crippen molar-refractivity contribution in [2.75, 3.05) is 5.32 Å². The number of para-hydroxylation sites is 1. The lowest BCUT2D eigenvalue weighted by Crippen LogP contribution is -2.38. The summed E-state index contributed by atoms with van der Waals surface area (Å²) in [6.45, 7) is 4.55. The van der Waals surface area contributed by atoms with E-state index in [1.807, 2.05) is 0 Å². The highest BCUT2D eigenvalue weighted by atomic mass is 35.5. The third-order valence-corrected chi connectivity index (χ3v) is 6.49. The van der Waals surface area contributed by atoms with Gasteiger partial charge < -0.3 is 15.6 Å². The third kappa shape index (κ3) is 4.55. The zero-order valence-corrected chi connectivity index (χ0v) is 18.5. The highest BCUT2D eigenvalue weighted by Crippen LogP contribution is 2.32. The zero-order valence-electron chi connectivity index (χ0n) is 17.0. The minimum absolute atomic E-state index is 0.101. The molecule has 3 aromatic rings. The van der Waals surface area contributed by atoms with E-state index < -0.39 is 0 Å². The first-order valence-corrected chi connectivity index (χ1v) is 11.0. The fourth-order valence-electron chi connectivity index (χ4n) is 4.02. The number of aromatic amines is 1. The number of fused-ring (bicyclic) bond motifs is 1. The van der Waals surface area contributed by atoms with Gasteiger partial charge in [0.15, 0.2) is 5.65 Å². The topological polar surface area (TPSA) is 82.7 Å². The number of H-pyrrole nitrogens is 1. The van der Waals surface area contributed by atoms with E-state index in [0.717, 1.165) is 18.8 Å². The highest BCUT2D eigenvalue weighted by molar-refractivity contribution is 6.39.